The van der Waals surface area contributed by atoms with E-state index in [0.717, 1.165) is 12.0 Å². The Hall–Kier alpha value is -1.74. The number of hydrogen-bond acceptors (Lipinski definition) is 3. The summed E-state index contributed by atoms with van der Waals surface area (Å²) in [5.74, 6) is 0.181. The summed E-state index contributed by atoms with van der Waals surface area (Å²) in [6.07, 6.45) is 7.34. The average Bonchev–Trinajstić information content (AvgIpc) is 2.45. The summed E-state index contributed by atoms with van der Waals surface area (Å²) in [5.41, 5.74) is 2.63. The molecule has 0 radical (unpaired) electrons. The van der Waals surface area contributed by atoms with Crippen LogP contribution in [0.1, 0.15) is 29.3 Å². The number of halogens is 1. The lowest BCUT2D eigenvalue weighted by Crippen LogP contribution is -2.16. The molecular weight excluding hydrogens is 274 g/mol. The number of rotatable bonds is 4. The van der Waals surface area contributed by atoms with Gasteiger partial charge in [0.1, 0.15) is 0 Å². The first kappa shape index (κ1) is 14.7. The predicted molar refractivity (Wildman–Crippen MR) is 80.6 cm³/mol. The Morgan fingerprint density at radius 2 is 2.30 bits per heavy atom. The molecule has 1 aliphatic rings. The molecule has 0 aromatic heterocycles. The van der Waals surface area contributed by atoms with Crippen LogP contribution in [0.15, 0.2) is 42.1 Å². The monoisotopic (exact) mass is 291 g/mol. The minimum absolute atomic E-state index is 0.375. The van der Waals surface area contributed by atoms with Crippen LogP contribution in [0, 0.1) is 5.92 Å². The van der Waals surface area contributed by atoms with Crippen LogP contribution in [0.25, 0.3) is 0 Å². The van der Waals surface area contributed by atoms with Crippen LogP contribution < -0.4 is 5.32 Å². The highest BCUT2D eigenvalue weighted by molar-refractivity contribution is 6.31. The summed E-state index contributed by atoms with van der Waals surface area (Å²) in [5, 5.41) is 3.95. The van der Waals surface area contributed by atoms with E-state index in [1.807, 2.05) is 6.07 Å². The Balaban J connectivity index is 2.02. The second kappa shape index (κ2) is 6.62. The van der Waals surface area contributed by atoms with Gasteiger partial charge in [0.15, 0.2) is 0 Å². The molecule has 1 aromatic carbocycles. The Morgan fingerprint density at radius 1 is 1.50 bits per heavy atom. The molecular formula is C16H18ClNO2. The summed E-state index contributed by atoms with van der Waals surface area (Å²) in [4.78, 5) is 11.4. The molecule has 1 aliphatic carbocycles. The van der Waals surface area contributed by atoms with Crippen LogP contribution in [0.4, 0.5) is 0 Å². The topological polar surface area (TPSA) is 38.3 Å². The van der Waals surface area contributed by atoms with Gasteiger partial charge < -0.3 is 10.1 Å². The van der Waals surface area contributed by atoms with E-state index in [4.69, 9.17) is 11.6 Å². The minimum atomic E-state index is -0.375. The molecule has 1 aromatic rings. The van der Waals surface area contributed by atoms with Gasteiger partial charge in [-0.25, -0.2) is 4.79 Å². The fourth-order valence-electron chi connectivity index (χ4n) is 2.12. The van der Waals surface area contributed by atoms with Crippen LogP contribution in [-0.2, 0) is 11.3 Å². The summed E-state index contributed by atoms with van der Waals surface area (Å²) >= 11 is 6.20. The molecule has 2 rings (SSSR count). The molecule has 0 fully saturated rings. The fourth-order valence-corrected chi connectivity index (χ4v) is 2.37. The normalized spacial score (nSPS) is 17.6. The number of allylic oxidation sites excluding steroid dienone is 4. The molecule has 0 amide bonds. The third-order valence-electron chi connectivity index (χ3n) is 3.26. The largest absolute Gasteiger partial charge is 0.465 e. The van der Waals surface area contributed by atoms with Crippen molar-refractivity contribution in [2.75, 3.05) is 7.11 Å². The molecule has 0 saturated carbocycles. The molecule has 1 unspecified atom stereocenters. The smallest absolute Gasteiger partial charge is 0.337 e. The van der Waals surface area contributed by atoms with Crippen molar-refractivity contribution in [2.45, 2.75) is 19.9 Å². The third kappa shape index (κ3) is 3.64. The van der Waals surface area contributed by atoms with E-state index < -0.39 is 0 Å². The molecule has 4 heteroatoms. The van der Waals surface area contributed by atoms with Crippen molar-refractivity contribution in [1.82, 2.24) is 5.32 Å². The van der Waals surface area contributed by atoms with Gasteiger partial charge in [-0.15, -0.1) is 0 Å². The van der Waals surface area contributed by atoms with E-state index in [-0.39, 0.29) is 5.97 Å². The van der Waals surface area contributed by atoms with Gasteiger partial charge in [0, 0.05) is 17.3 Å². The van der Waals surface area contributed by atoms with Crippen molar-refractivity contribution in [3.63, 3.8) is 0 Å². The number of methoxy groups -OCH3 is 1. The van der Waals surface area contributed by atoms with Crippen molar-refractivity contribution in [1.29, 1.82) is 0 Å². The Kier molecular flexibility index (Phi) is 4.85. The summed E-state index contributed by atoms with van der Waals surface area (Å²) in [6.45, 7) is 2.83. The third-order valence-corrected chi connectivity index (χ3v) is 3.61. The molecule has 1 atom stereocenters. The van der Waals surface area contributed by atoms with Crippen LogP contribution in [-0.4, -0.2) is 13.1 Å². The van der Waals surface area contributed by atoms with Crippen LogP contribution in [0.3, 0.4) is 0 Å². The van der Waals surface area contributed by atoms with Crippen molar-refractivity contribution >= 4 is 17.6 Å². The predicted octanol–water partition coefficient (Wildman–Crippen LogP) is 3.70. The number of esters is 1. The fraction of sp³-hybridized carbons (Fsp3) is 0.312. The highest BCUT2D eigenvalue weighted by Gasteiger charge is 2.10. The van der Waals surface area contributed by atoms with E-state index >= 15 is 0 Å². The average molecular weight is 292 g/mol. The maximum absolute atomic E-state index is 11.4. The molecule has 0 saturated heterocycles. The van der Waals surface area contributed by atoms with Gasteiger partial charge in [-0.05, 0) is 36.1 Å². The zero-order valence-electron chi connectivity index (χ0n) is 11.7. The van der Waals surface area contributed by atoms with E-state index in [9.17, 15) is 4.79 Å². The number of carbonyl (C=O) groups excluding carboxylic acids is 1. The number of nitrogens with one attached hydrogen (secondary N) is 1. The molecule has 3 nitrogen and oxygen atoms in total. The Bertz CT molecular complexity index is 564. The zero-order chi connectivity index (χ0) is 14.5. The maximum atomic E-state index is 11.4. The van der Waals surface area contributed by atoms with E-state index in [0.29, 0.717) is 23.0 Å². The summed E-state index contributed by atoms with van der Waals surface area (Å²) in [7, 11) is 1.36. The van der Waals surface area contributed by atoms with Gasteiger partial charge in [-0.3, -0.25) is 0 Å². The first-order chi connectivity index (χ1) is 9.60. The lowest BCUT2D eigenvalue weighted by molar-refractivity contribution is 0.0600. The van der Waals surface area contributed by atoms with E-state index in [2.05, 4.69) is 35.2 Å². The molecule has 0 spiro atoms. The van der Waals surface area contributed by atoms with Crippen molar-refractivity contribution < 1.29 is 9.53 Å². The van der Waals surface area contributed by atoms with Gasteiger partial charge in [-0.1, -0.05) is 36.7 Å². The Labute approximate surface area is 124 Å². The van der Waals surface area contributed by atoms with Gasteiger partial charge >= 0.3 is 5.97 Å². The second-order valence-electron chi connectivity index (χ2n) is 4.91. The molecule has 0 aliphatic heterocycles. The molecule has 0 bridgehead atoms. The van der Waals surface area contributed by atoms with Gasteiger partial charge in [0.2, 0.25) is 0 Å². The summed E-state index contributed by atoms with van der Waals surface area (Å²) < 4.78 is 4.67. The van der Waals surface area contributed by atoms with Crippen molar-refractivity contribution in [2.24, 2.45) is 5.92 Å². The molecule has 106 valence electrons. The van der Waals surface area contributed by atoms with E-state index in [1.165, 1.54) is 12.8 Å². The van der Waals surface area contributed by atoms with Gasteiger partial charge in [0.05, 0.1) is 12.7 Å². The number of hydrogen-bond donors (Lipinski definition) is 1. The first-order valence-electron chi connectivity index (χ1n) is 6.58. The van der Waals surface area contributed by atoms with Crippen LogP contribution in [0.2, 0.25) is 5.02 Å². The van der Waals surface area contributed by atoms with Crippen molar-refractivity contribution in [3.8, 4) is 0 Å². The molecule has 20 heavy (non-hydrogen) atoms. The SMILES string of the molecule is COC(=O)c1ccc(CNC2=CC=CC(C)C2)c(Cl)c1. The number of carbonyl (C=O) groups is 1. The van der Waals surface area contributed by atoms with Gasteiger partial charge in [0.25, 0.3) is 0 Å². The highest BCUT2D eigenvalue weighted by Crippen LogP contribution is 2.20. The highest BCUT2D eigenvalue weighted by atomic mass is 35.5. The summed E-state index contributed by atoms with van der Waals surface area (Å²) in [6, 6.07) is 5.22. The van der Waals surface area contributed by atoms with E-state index in [1.54, 1.807) is 12.1 Å². The second-order valence-corrected chi connectivity index (χ2v) is 5.32. The number of benzene rings is 1. The lowest BCUT2D eigenvalue weighted by atomic mass is 10.0. The van der Waals surface area contributed by atoms with Crippen LogP contribution >= 0.6 is 11.6 Å². The zero-order valence-corrected chi connectivity index (χ0v) is 12.4. The number of ether oxygens (including phenoxy) is 1. The first-order valence-corrected chi connectivity index (χ1v) is 6.96. The molecule has 1 N–H and O–H groups in total. The maximum Gasteiger partial charge on any atom is 0.337 e. The quantitative estimate of drug-likeness (QED) is 0.860. The lowest BCUT2D eigenvalue weighted by Gasteiger charge is -2.17. The van der Waals surface area contributed by atoms with Crippen molar-refractivity contribution in [3.05, 3.63) is 58.3 Å². The molecule has 0 heterocycles. The Morgan fingerprint density at radius 3 is 2.95 bits per heavy atom. The van der Waals surface area contributed by atoms with Gasteiger partial charge in [-0.2, -0.15) is 0 Å². The minimum Gasteiger partial charge on any atom is -0.465 e. The standard InChI is InChI=1S/C16H18ClNO2/c1-11-4-3-5-14(8-11)18-10-13-7-6-12(9-15(13)17)16(19)20-2/h3-7,9,11,18H,8,10H2,1-2H3. The van der Waals surface area contributed by atoms with Crippen LogP contribution in [0.5, 0.6) is 0 Å².